The Morgan fingerprint density at radius 1 is 0.850 bits per heavy atom. The van der Waals surface area contributed by atoms with Gasteiger partial charge in [0, 0.05) is 32.6 Å². The molecule has 3 aromatic carbocycles. The minimum absolute atomic E-state index is 0.0339. The van der Waals surface area contributed by atoms with Crippen molar-refractivity contribution in [3.8, 4) is 5.69 Å². The van der Waals surface area contributed by atoms with Crippen molar-refractivity contribution in [2.24, 2.45) is 0 Å². The number of benzene rings is 3. The monoisotopic (exact) mass is 550 g/mol. The number of nitrogens with zero attached hydrogens (tertiary/aromatic N) is 6. The third-order valence-electron chi connectivity index (χ3n) is 7.40. The van der Waals surface area contributed by atoms with E-state index in [2.05, 4.69) is 36.1 Å². The molecule has 202 valence electrons. The van der Waals surface area contributed by atoms with Gasteiger partial charge in [-0.3, -0.25) is 4.79 Å². The highest BCUT2D eigenvalue weighted by molar-refractivity contribution is 6.33. The Labute approximate surface area is 239 Å². The number of rotatable bonds is 5. The minimum Gasteiger partial charge on any atom is -0.354 e. The van der Waals surface area contributed by atoms with Crippen molar-refractivity contribution in [3.63, 3.8) is 0 Å². The third-order valence-corrected chi connectivity index (χ3v) is 7.73. The van der Waals surface area contributed by atoms with Crippen LogP contribution < -0.4 is 4.90 Å². The van der Waals surface area contributed by atoms with Gasteiger partial charge in [-0.1, -0.05) is 71.8 Å². The predicted molar refractivity (Wildman–Crippen MR) is 160 cm³/mol. The maximum absolute atomic E-state index is 13.3. The van der Waals surface area contributed by atoms with Crippen LogP contribution in [-0.4, -0.2) is 56.7 Å². The Balaban J connectivity index is 1.38. The number of halogens is 1. The van der Waals surface area contributed by atoms with Crippen molar-refractivity contribution < 1.29 is 4.79 Å². The van der Waals surface area contributed by atoms with Crippen LogP contribution in [-0.2, 0) is 6.42 Å². The standard InChI is InChI=1S/C32H31ClN6O/c1-22-13-15-24(16-14-22)21-28-34-30(29-23(2)36-39(31(29)35-28)25-9-4-3-5-10-25)37-17-8-18-38(20-19-37)32(40)26-11-6-7-12-27(26)33/h3-7,9-16H,8,17-21H2,1-2H3. The van der Waals surface area contributed by atoms with Gasteiger partial charge in [0.1, 0.15) is 11.6 Å². The number of fused-ring (bicyclic) bond motifs is 1. The average Bonchev–Trinajstić information content (AvgIpc) is 3.13. The number of aryl methyl sites for hydroxylation is 2. The summed E-state index contributed by atoms with van der Waals surface area (Å²) in [5.41, 5.74) is 5.55. The highest BCUT2D eigenvalue weighted by Gasteiger charge is 2.26. The molecular weight excluding hydrogens is 520 g/mol. The minimum atomic E-state index is -0.0339. The Kier molecular flexibility index (Phi) is 7.22. The van der Waals surface area contributed by atoms with E-state index in [0.717, 1.165) is 52.6 Å². The third kappa shape index (κ3) is 5.17. The summed E-state index contributed by atoms with van der Waals surface area (Å²) < 4.78 is 1.92. The maximum Gasteiger partial charge on any atom is 0.255 e. The molecular formula is C32H31ClN6O. The number of hydrogen-bond acceptors (Lipinski definition) is 5. The average molecular weight is 551 g/mol. The fourth-order valence-corrected chi connectivity index (χ4v) is 5.51. The second-order valence-electron chi connectivity index (χ2n) is 10.3. The van der Waals surface area contributed by atoms with Crippen molar-refractivity contribution in [1.82, 2.24) is 24.6 Å². The molecule has 1 fully saturated rings. The number of aromatic nitrogens is 4. The van der Waals surface area contributed by atoms with Gasteiger partial charge in [0.25, 0.3) is 5.91 Å². The quantitative estimate of drug-likeness (QED) is 0.267. The van der Waals surface area contributed by atoms with E-state index in [9.17, 15) is 4.79 Å². The van der Waals surface area contributed by atoms with E-state index in [0.29, 0.717) is 36.6 Å². The van der Waals surface area contributed by atoms with Gasteiger partial charge in [-0.25, -0.2) is 14.6 Å². The van der Waals surface area contributed by atoms with E-state index in [4.69, 9.17) is 26.7 Å². The van der Waals surface area contributed by atoms with Crippen LogP contribution in [0.25, 0.3) is 16.7 Å². The number of amides is 1. The lowest BCUT2D eigenvalue weighted by molar-refractivity contribution is 0.0767. The van der Waals surface area contributed by atoms with Crippen molar-refractivity contribution in [3.05, 3.63) is 112 Å². The molecule has 0 atom stereocenters. The Bertz CT molecular complexity index is 1660. The van der Waals surface area contributed by atoms with E-state index < -0.39 is 0 Å². The zero-order valence-electron chi connectivity index (χ0n) is 22.7. The van der Waals surface area contributed by atoms with E-state index in [1.165, 1.54) is 5.56 Å². The highest BCUT2D eigenvalue weighted by atomic mass is 35.5. The van der Waals surface area contributed by atoms with Gasteiger partial charge < -0.3 is 9.80 Å². The SMILES string of the molecule is Cc1ccc(Cc2nc(N3CCCN(C(=O)c4ccccc4Cl)CC3)c3c(C)nn(-c4ccccc4)c3n2)cc1. The molecule has 0 N–H and O–H groups in total. The number of anilines is 1. The molecule has 1 aliphatic heterocycles. The van der Waals surface area contributed by atoms with Crippen molar-refractivity contribution in [2.75, 3.05) is 31.1 Å². The fraction of sp³-hybridized carbons (Fsp3) is 0.250. The maximum atomic E-state index is 13.3. The lowest BCUT2D eigenvalue weighted by atomic mass is 10.1. The molecule has 8 heteroatoms. The topological polar surface area (TPSA) is 67.2 Å². The van der Waals surface area contributed by atoms with E-state index in [-0.39, 0.29) is 5.91 Å². The summed E-state index contributed by atoms with van der Waals surface area (Å²) >= 11 is 6.35. The largest absolute Gasteiger partial charge is 0.354 e. The normalized spacial score (nSPS) is 14.0. The fourth-order valence-electron chi connectivity index (χ4n) is 5.29. The van der Waals surface area contributed by atoms with Gasteiger partial charge in [0.2, 0.25) is 0 Å². The molecule has 0 bridgehead atoms. The molecule has 1 saturated heterocycles. The summed E-state index contributed by atoms with van der Waals surface area (Å²) in [6, 6.07) is 25.8. The lowest BCUT2D eigenvalue weighted by Gasteiger charge is -2.24. The zero-order chi connectivity index (χ0) is 27.6. The van der Waals surface area contributed by atoms with Crippen LogP contribution in [0, 0.1) is 13.8 Å². The van der Waals surface area contributed by atoms with Gasteiger partial charge in [0.05, 0.1) is 27.4 Å². The van der Waals surface area contributed by atoms with Crippen LogP contribution in [0.2, 0.25) is 5.02 Å². The first-order valence-electron chi connectivity index (χ1n) is 13.6. The smallest absolute Gasteiger partial charge is 0.255 e. The summed E-state index contributed by atoms with van der Waals surface area (Å²) in [6.07, 6.45) is 1.44. The van der Waals surface area contributed by atoms with Crippen LogP contribution in [0.5, 0.6) is 0 Å². The Morgan fingerprint density at radius 2 is 1.60 bits per heavy atom. The van der Waals surface area contributed by atoms with E-state index >= 15 is 0 Å². The van der Waals surface area contributed by atoms with Gasteiger partial charge >= 0.3 is 0 Å². The van der Waals surface area contributed by atoms with Gasteiger partial charge in [0.15, 0.2) is 5.65 Å². The molecule has 0 saturated carbocycles. The first-order chi connectivity index (χ1) is 19.5. The van der Waals surface area contributed by atoms with Crippen LogP contribution in [0.4, 0.5) is 5.82 Å². The van der Waals surface area contributed by atoms with Gasteiger partial charge in [-0.15, -0.1) is 0 Å². The molecule has 1 aliphatic rings. The molecule has 40 heavy (non-hydrogen) atoms. The second-order valence-corrected chi connectivity index (χ2v) is 10.7. The summed E-state index contributed by atoms with van der Waals surface area (Å²) in [7, 11) is 0. The molecule has 0 spiro atoms. The summed E-state index contributed by atoms with van der Waals surface area (Å²) in [5, 5.41) is 6.33. The van der Waals surface area contributed by atoms with Crippen molar-refractivity contribution in [2.45, 2.75) is 26.7 Å². The molecule has 7 nitrogen and oxygen atoms in total. The predicted octanol–water partition coefficient (Wildman–Crippen LogP) is 6.03. The molecule has 0 aliphatic carbocycles. The second kappa shape index (κ2) is 11.1. The molecule has 3 heterocycles. The first-order valence-corrected chi connectivity index (χ1v) is 14.0. The van der Waals surface area contributed by atoms with Crippen LogP contribution in [0.15, 0.2) is 78.9 Å². The highest BCUT2D eigenvalue weighted by Crippen LogP contribution is 2.30. The Hall–Kier alpha value is -4.23. The lowest BCUT2D eigenvalue weighted by Crippen LogP contribution is -2.35. The molecule has 2 aromatic heterocycles. The Morgan fingerprint density at radius 3 is 2.38 bits per heavy atom. The number of para-hydroxylation sites is 1. The number of carbonyl (C=O) groups is 1. The summed E-state index contributed by atoms with van der Waals surface area (Å²) in [5.74, 6) is 1.59. The summed E-state index contributed by atoms with van der Waals surface area (Å²) in [4.78, 5) is 27.7. The van der Waals surface area contributed by atoms with Crippen molar-refractivity contribution in [1.29, 1.82) is 0 Å². The molecule has 6 rings (SSSR count). The van der Waals surface area contributed by atoms with Crippen LogP contribution in [0.1, 0.15) is 39.4 Å². The van der Waals surface area contributed by atoms with E-state index in [1.807, 2.05) is 59.0 Å². The molecule has 0 unspecified atom stereocenters. The summed E-state index contributed by atoms with van der Waals surface area (Å²) in [6.45, 7) is 6.77. The van der Waals surface area contributed by atoms with Crippen LogP contribution in [0.3, 0.4) is 0 Å². The van der Waals surface area contributed by atoms with Gasteiger partial charge in [-0.2, -0.15) is 5.10 Å². The number of carbonyl (C=O) groups excluding carboxylic acids is 1. The zero-order valence-corrected chi connectivity index (χ0v) is 23.5. The van der Waals surface area contributed by atoms with Crippen molar-refractivity contribution >= 4 is 34.4 Å². The molecule has 1 amide bonds. The van der Waals surface area contributed by atoms with Gasteiger partial charge in [-0.05, 0) is 50.1 Å². The molecule has 5 aromatic rings. The first kappa shape index (κ1) is 26.0. The van der Waals surface area contributed by atoms with E-state index in [1.54, 1.807) is 12.1 Å². The molecule has 0 radical (unpaired) electrons. The number of hydrogen-bond donors (Lipinski definition) is 0. The van der Waals surface area contributed by atoms with Crippen LogP contribution >= 0.6 is 11.6 Å².